The Morgan fingerprint density at radius 2 is 2.20 bits per heavy atom. The summed E-state index contributed by atoms with van der Waals surface area (Å²) in [6, 6.07) is 0. The van der Waals surface area contributed by atoms with Gasteiger partial charge in [0.1, 0.15) is 12.3 Å². The largest absolute Gasteiger partial charge is 1.00 e. The number of nitrogens with one attached hydrogen (secondary N) is 1. The van der Waals surface area contributed by atoms with Gasteiger partial charge in [0.25, 0.3) is 5.56 Å². The molecule has 1 saturated heterocycles. The summed E-state index contributed by atoms with van der Waals surface area (Å²) in [5.74, 6) is -0.0999. The number of aliphatic hydroxyl groups is 1. The summed E-state index contributed by atoms with van der Waals surface area (Å²) in [4.78, 5) is 39.5. The first-order valence-corrected chi connectivity index (χ1v) is 8.26. The zero-order chi connectivity index (χ0) is 16.8. The number of H-pyrrole nitrogens is 1. The summed E-state index contributed by atoms with van der Waals surface area (Å²) in [5.41, 5.74) is 5.20. The van der Waals surface area contributed by atoms with E-state index in [0.717, 1.165) is 0 Å². The Kier molecular flexibility index (Phi) is 8.28. The number of imidazole rings is 1. The van der Waals surface area contributed by atoms with Gasteiger partial charge in [0.05, 0.1) is 6.33 Å². The number of nitrogens with zero attached hydrogens (tertiary/aromatic N) is 3. The van der Waals surface area contributed by atoms with E-state index in [2.05, 4.69) is 15.0 Å². The molecular weight excluding hydrogens is 379 g/mol. The molecule has 15 heteroatoms. The van der Waals surface area contributed by atoms with Gasteiger partial charge in [0.15, 0.2) is 23.8 Å². The van der Waals surface area contributed by atoms with Crippen molar-refractivity contribution in [2.45, 2.75) is 25.0 Å². The quantitative estimate of drug-likeness (QED) is 0.246. The van der Waals surface area contributed by atoms with Gasteiger partial charge in [0.2, 0.25) is 5.95 Å². The monoisotopic (exact) mass is 395 g/mol. The maximum atomic E-state index is 11.7. The van der Waals surface area contributed by atoms with Gasteiger partial charge in [-0.3, -0.25) is 18.9 Å². The van der Waals surface area contributed by atoms with Crippen LogP contribution in [0.5, 0.6) is 0 Å². The Hall–Kier alpha value is 0.180. The summed E-state index contributed by atoms with van der Waals surface area (Å²) in [5, 5.41) is 9.89. The Morgan fingerprint density at radius 1 is 1.52 bits per heavy atom. The van der Waals surface area contributed by atoms with Crippen molar-refractivity contribution >= 4 is 24.7 Å². The average Bonchev–Trinajstić information content (AvgIpc) is 2.99. The Labute approximate surface area is 187 Å². The van der Waals surface area contributed by atoms with Crippen molar-refractivity contribution in [3.63, 3.8) is 0 Å². The van der Waals surface area contributed by atoms with E-state index >= 15 is 0 Å². The molecule has 3 heterocycles. The third-order valence-electron chi connectivity index (χ3n) is 3.22. The molecule has 1 fully saturated rings. The van der Waals surface area contributed by atoms with Crippen molar-refractivity contribution < 1.29 is 90.9 Å². The Balaban J connectivity index is 0. The number of nitrogen functional groups attached to an aromatic ring is 1. The molecule has 0 aromatic carbocycles. The minimum atomic E-state index is -4.38. The third kappa shape index (κ3) is 5.34. The SMILES string of the molecule is Nc1nc2c(ncn2[C@H]2C[C@H](O)[C@@H](OCP(=O)(O)O)O2)c(=O)[nH]1.[H-].[H-].[Na+].[Na+]. The maximum absolute atomic E-state index is 11.7. The second-order valence-electron chi connectivity index (χ2n) is 5.00. The standard InChI is InChI=1S/C10H14N5O7P.2Na.2H/c11-10-13-7-6(8(17)14-10)12-2-15(7)5-1-4(16)9(22-5)21-3-23(18,19)20;;;;/h2,4-5,9,16H,1,3H2,(H2,18,19,20)(H3,11,13,14,17);;;;/q;2*+1;2*-1/t4-,5+,9-;;;;/m0..../s1. The van der Waals surface area contributed by atoms with Crippen LogP contribution in [0.2, 0.25) is 0 Å². The van der Waals surface area contributed by atoms with Crippen LogP contribution in [0.1, 0.15) is 15.5 Å². The van der Waals surface area contributed by atoms with Crippen LogP contribution in [0.4, 0.5) is 5.95 Å². The predicted molar refractivity (Wildman–Crippen MR) is 77.3 cm³/mol. The molecule has 0 radical (unpaired) electrons. The zero-order valence-corrected chi connectivity index (χ0v) is 18.5. The molecule has 2 aromatic heterocycles. The first kappa shape index (κ1) is 23.2. The normalized spacial score (nSPS) is 23.2. The van der Waals surface area contributed by atoms with Crippen LogP contribution in [0.25, 0.3) is 11.2 Å². The second-order valence-corrected chi connectivity index (χ2v) is 6.59. The van der Waals surface area contributed by atoms with Crippen LogP contribution in [-0.2, 0) is 14.0 Å². The van der Waals surface area contributed by atoms with Gasteiger partial charge in [-0.25, -0.2) is 4.98 Å². The number of aliphatic hydroxyl groups excluding tert-OH is 1. The van der Waals surface area contributed by atoms with E-state index in [1.165, 1.54) is 10.9 Å². The first-order chi connectivity index (χ1) is 10.7. The molecule has 130 valence electrons. The van der Waals surface area contributed by atoms with E-state index in [-0.39, 0.29) is 85.5 Å². The van der Waals surface area contributed by atoms with Crippen molar-refractivity contribution in [1.29, 1.82) is 0 Å². The summed E-state index contributed by atoms with van der Waals surface area (Å²) < 4.78 is 22.5. The molecule has 2 aromatic rings. The molecule has 3 atom stereocenters. The van der Waals surface area contributed by atoms with E-state index in [1.54, 1.807) is 0 Å². The number of anilines is 1. The van der Waals surface area contributed by atoms with E-state index < -0.39 is 38.1 Å². The van der Waals surface area contributed by atoms with Crippen LogP contribution in [-0.4, -0.2) is 53.2 Å². The number of rotatable bonds is 4. The average molecular weight is 395 g/mol. The Bertz CT molecular complexity index is 849. The molecule has 6 N–H and O–H groups in total. The van der Waals surface area contributed by atoms with Gasteiger partial charge in [-0.15, -0.1) is 0 Å². The van der Waals surface area contributed by atoms with E-state index in [1.807, 2.05) is 0 Å². The number of nitrogens with two attached hydrogens (primary N) is 1. The van der Waals surface area contributed by atoms with E-state index in [0.29, 0.717) is 0 Å². The van der Waals surface area contributed by atoms with Gasteiger partial charge >= 0.3 is 66.7 Å². The molecule has 0 unspecified atom stereocenters. The molecule has 0 amide bonds. The van der Waals surface area contributed by atoms with Crippen molar-refractivity contribution in [2.75, 3.05) is 12.1 Å². The Morgan fingerprint density at radius 3 is 2.84 bits per heavy atom. The minimum absolute atomic E-state index is 0. The van der Waals surface area contributed by atoms with Gasteiger partial charge in [-0.05, 0) is 0 Å². The minimum Gasteiger partial charge on any atom is -1.00 e. The number of hydrogen-bond acceptors (Lipinski definition) is 8. The molecule has 1 aliphatic heterocycles. The van der Waals surface area contributed by atoms with Crippen LogP contribution < -0.4 is 70.4 Å². The molecule has 12 nitrogen and oxygen atoms in total. The predicted octanol–water partition coefficient (Wildman–Crippen LogP) is -7.31. The molecule has 0 spiro atoms. The van der Waals surface area contributed by atoms with Gasteiger partial charge in [-0.1, -0.05) is 0 Å². The van der Waals surface area contributed by atoms with Crippen molar-refractivity contribution in [1.82, 2.24) is 19.5 Å². The van der Waals surface area contributed by atoms with Crippen LogP contribution in [0.15, 0.2) is 11.1 Å². The first-order valence-electron chi connectivity index (χ1n) is 6.46. The molecule has 0 aliphatic carbocycles. The van der Waals surface area contributed by atoms with Crippen molar-refractivity contribution in [2.24, 2.45) is 0 Å². The van der Waals surface area contributed by atoms with Crippen LogP contribution in [0.3, 0.4) is 0 Å². The number of fused-ring (bicyclic) bond motifs is 1. The number of ether oxygens (including phenoxy) is 2. The third-order valence-corrected chi connectivity index (χ3v) is 3.70. The summed E-state index contributed by atoms with van der Waals surface area (Å²) in [6.07, 6.45) is -2.61. The maximum Gasteiger partial charge on any atom is 1.00 e. The number of aromatic nitrogens is 4. The summed E-state index contributed by atoms with van der Waals surface area (Å²) in [6.45, 7) is 0. The van der Waals surface area contributed by atoms with Crippen molar-refractivity contribution in [3.8, 4) is 0 Å². The summed E-state index contributed by atoms with van der Waals surface area (Å²) in [7, 11) is -4.38. The molecule has 0 bridgehead atoms. The molecule has 0 saturated carbocycles. The smallest absolute Gasteiger partial charge is 1.00 e. The van der Waals surface area contributed by atoms with Crippen LogP contribution >= 0.6 is 7.60 Å². The molecule has 1 aliphatic rings. The number of aromatic amines is 1. The molecule has 25 heavy (non-hydrogen) atoms. The topological polar surface area (TPSA) is 186 Å². The van der Waals surface area contributed by atoms with Crippen molar-refractivity contribution in [3.05, 3.63) is 16.7 Å². The second kappa shape index (κ2) is 8.91. The van der Waals surface area contributed by atoms with E-state index in [9.17, 15) is 14.5 Å². The molecular formula is C10H16N5Na2O7P. The zero-order valence-electron chi connectivity index (χ0n) is 15.6. The molecule has 3 rings (SSSR count). The van der Waals surface area contributed by atoms with Gasteiger partial charge in [-0.2, -0.15) is 4.98 Å². The van der Waals surface area contributed by atoms with Gasteiger partial charge in [0, 0.05) is 6.42 Å². The fraction of sp³-hybridized carbons (Fsp3) is 0.500. The number of hydrogen-bond donors (Lipinski definition) is 5. The fourth-order valence-electron chi connectivity index (χ4n) is 2.27. The van der Waals surface area contributed by atoms with E-state index in [4.69, 9.17) is 25.0 Å². The van der Waals surface area contributed by atoms with Gasteiger partial charge < -0.3 is 33.0 Å². The summed E-state index contributed by atoms with van der Waals surface area (Å²) >= 11 is 0. The fourth-order valence-corrected chi connectivity index (χ4v) is 2.61. The van der Waals surface area contributed by atoms with Crippen LogP contribution in [0, 0.1) is 0 Å².